The lowest BCUT2D eigenvalue weighted by Crippen LogP contribution is -2.04. The van der Waals surface area contributed by atoms with Crippen LogP contribution >= 0.6 is 0 Å². The third-order valence-corrected chi connectivity index (χ3v) is 2.94. The van der Waals surface area contributed by atoms with Crippen molar-refractivity contribution in [1.29, 1.82) is 0 Å². The molecule has 0 amide bonds. The minimum Gasteiger partial charge on any atom is -0.507 e. The maximum atomic E-state index is 13.8. The summed E-state index contributed by atoms with van der Waals surface area (Å²) in [6, 6.07) is 7.73. The van der Waals surface area contributed by atoms with E-state index in [9.17, 15) is 19.1 Å². The zero-order valence-electron chi connectivity index (χ0n) is 11.0. The van der Waals surface area contributed by atoms with E-state index in [1.165, 1.54) is 30.3 Å². The largest absolute Gasteiger partial charge is 0.507 e. The molecule has 0 heterocycles. The van der Waals surface area contributed by atoms with E-state index in [2.05, 4.69) is 4.74 Å². The average Bonchev–Trinajstić information content (AvgIpc) is 2.45. The van der Waals surface area contributed by atoms with Gasteiger partial charge < -0.3 is 14.9 Å². The van der Waals surface area contributed by atoms with Crippen molar-refractivity contribution >= 4 is 11.9 Å². The van der Waals surface area contributed by atoms with Gasteiger partial charge in [-0.1, -0.05) is 12.1 Å². The minimum atomic E-state index is -1.26. The van der Waals surface area contributed by atoms with Crippen LogP contribution in [0.2, 0.25) is 0 Å². The summed E-state index contributed by atoms with van der Waals surface area (Å²) in [7, 11) is 1.15. The lowest BCUT2D eigenvalue weighted by atomic mass is 10.0. The number of rotatable bonds is 3. The monoisotopic (exact) mass is 290 g/mol. The Balaban J connectivity index is 2.44. The summed E-state index contributed by atoms with van der Waals surface area (Å²) >= 11 is 0. The van der Waals surface area contributed by atoms with E-state index in [-0.39, 0.29) is 11.1 Å². The molecule has 0 bridgehead atoms. The number of carbonyl (C=O) groups is 2. The molecular weight excluding hydrogens is 279 g/mol. The molecule has 2 aromatic rings. The second-order valence-corrected chi connectivity index (χ2v) is 4.22. The maximum Gasteiger partial charge on any atom is 0.340 e. The van der Waals surface area contributed by atoms with Crippen LogP contribution in [0.1, 0.15) is 20.7 Å². The first-order valence-corrected chi connectivity index (χ1v) is 5.88. The molecule has 6 heteroatoms. The van der Waals surface area contributed by atoms with Crippen molar-refractivity contribution in [1.82, 2.24) is 0 Å². The first-order valence-electron chi connectivity index (χ1n) is 5.88. The van der Waals surface area contributed by atoms with Gasteiger partial charge in [-0.05, 0) is 35.4 Å². The predicted molar refractivity (Wildman–Crippen MR) is 71.8 cm³/mol. The van der Waals surface area contributed by atoms with Crippen LogP contribution in [0.15, 0.2) is 36.4 Å². The van der Waals surface area contributed by atoms with Crippen molar-refractivity contribution in [2.75, 3.05) is 7.11 Å². The molecular formula is C15H11FO5. The average molecular weight is 290 g/mol. The highest BCUT2D eigenvalue weighted by atomic mass is 19.1. The number of ether oxygens (including phenoxy) is 1. The molecule has 2 N–H and O–H groups in total. The number of halogens is 1. The highest BCUT2D eigenvalue weighted by Crippen LogP contribution is 2.28. The molecule has 0 aromatic heterocycles. The summed E-state index contributed by atoms with van der Waals surface area (Å²) in [6.07, 6.45) is 0. The van der Waals surface area contributed by atoms with Crippen molar-refractivity contribution in [3.8, 4) is 16.9 Å². The number of aromatic hydroxyl groups is 1. The fraction of sp³-hybridized carbons (Fsp3) is 0.0667. The van der Waals surface area contributed by atoms with E-state index in [1.54, 1.807) is 0 Å². The first-order chi connectivity index (χ1) is 9.93. The highest BCUT2D eigenvalue weighted by Gasteiger charge is 2.14. The Morgan fingerprint density at radius 3 is 2.10 bits per heavy atom. The van der Waals surface area contributed by atoms with Crippen LogP contribution in [-0.4, -0.2) is 29.3 Å². The molecule has 0 saturated carbocycles. The Hall–Kier alpha value is -2.89. The topological polar surface area (TPSA) is 83.8 Å². The van der Waals surface area contributed by atoms with E-state index in [4.69, 9.17) is 5.11 Å². The number of carboxylic acids is 1. The molecule has 5 nitrogen and oxygen atoms in total. The summed E-state index contributed by atoms with van der Waals surface area (Å²) in [5.41, 5.74) is 0.373. The summed E-state index contributed by atoms with van der Waals surface area (Å²) in [4.78, 5) is 22.1. The molecule has 0 unspecified atom stereocenters. The Bertz CT molecular complexity index is 724. The summed E-state index contributed by atoms with van der Waals surface area (Å²) in [6.45, 7) is 0. The van der Waals surface area contributed by atoms with Gasteiger partial charge in [0.25, 0.3) is 0 Å². The molecule has 0 radical (unpaired) electrons. The molecule has 21 heavy (non-hydrogen) atoms. The van der Waals surface area contributed by atoms with Crippen molar-refractivity contribution < 1.29 is 28.9 Å². The van der Waals surface area contributed by atoms with Crippen LogP contribution in [0.5, 0.6) is 5.75 Å². The van der Waals surface area contributed by atoms with E-state index in [0.717, 1.165) is 13.2 Å². The molecule has 0 fully saturated rings. The first kappa shape index (κ1) is 14.5. The van der Waals surface area contributed by atoms with Crippen molar-refractivity contribution in [2.24, 2.45) is 0 Å². The van der Waals surface area contributed by atoms with Gasteiger partial charge in [-0.2, -0.15) is 0 Å². The summed E-state index contributed by atoms with van der Waals surface area (Å²) in [5.74, 6) is -3.23. The lowest BCUT2D eigenvalue weighted by molar-refractivity contribution is 0.0594. The minimum absolute atomic E-state index is 0.201. The predicted octanol–water partition coefficient (Wildman–Crippen LogP) is 2.68. The van der Waals surface area contributed by atoms with E-state index < -0.39 is 23.5 Å². The number of hydrogen-bond donors (Lipinski definition) is 2. The number of phenols is 1. The van der Waals surface area contributed by atoms with Gasteiger partial charge in [0.05, 0.1) is 12.7 Å². The van der Waals surface area contributed by atoms with Crippen LogP contribution in [0.4, 0.5) is 4.39 Å². The van der Waals surface area contributed by atoms with Crippen LogP contribution < -0.4 is 0 Å². The zero-order chi connectivity index (χ0) is 15.6. The van der Waals surface area contributed by atoms with Gasteiger partial charge in [-0.25, -0.2) is 14.0 Å². The van der Waals surface area contributed by atoms with Crippen LogP contribution in [-0.2, 0) is 4.74 Å². The van der Waals surface area contributed by atoms with Crippen molar-refractivity contribution in [3.05, 3.63) is 53.3 Å². The zero-order valence-corrected chi connectivity index (χ0v) is 11.0. The van der Waals surface area contributed by atoms with E-state index in [0.29, 0.717) is 11.1 Å². The third kappa shape index (κ3) is 2.84. The van der Waals surface area contributed by atoms with Gasteiger partial charge in [0.1, 0.15) is 17.1 Å². The molecule has 0 aliphatic rings. The SMILES string of the molecule is COC(=O)c1ccc(-c2ccc(C(=O)O)c(O)c2)cc1F. The van der Waals surface area contributed by atoms with Crippen molar-refractivity contribution in [2.45, 2.75) is 0 Å². The van der Waals surface area contributed by atoms with Gasteiger partial charge >= 0.3 is 11.9 Å². The number of benzene rings is 2. The molecule has 0 aliphatic carbocycles. The number of aromatic carboxylic acids is 1. The summed E-state index contributed by atoms with van der Waals surface area (Å²) in [5, 5.41) is 18.4. The van der Waals surface area contributed by atoms with Crippen LogP contribution in [0, 0.1) is 5.82 Å². The molecule has 108 valence electrons. The second-order valence-electron chi connectivity index (χ2n) is 4.22. The van der Waals surface area contributed by atoms with E-state index in [1.807, 2.05) is 0 Å². The fourth-order valence-electron chi connectivity index (χ4n) is 1.86. The quantitative estimate of drug-likeness (QED) is 0.849. The maximum absolute atomic E-state index is 13.8. The normalized spacial score (nSPS) is 10.2. The smallest absolute Gasteiger partial charge is 0.340 e. The second kappa shape index (κ2) is 5.62. The molecule has 0 spiro atoms. The molecule has 0 aliphatic heterocycles. The van der Waals surface area contributed by atoms with Crippen molar-refractivity contribution in [3.63, 3.8) is 0 Å². The Morgan fingerprint density at radius 1 is 1.05 bits per heavy atom. The Kier molecular flexibility index (Phi) is 3.89. The Labute approximate surface area is 119 Å². The van der Waals surface area contributed by atoms with Gasteiger partial charge in [-0.3, -0.25) is 0 Å². The molecule has 2 aromatic carbocycles. The van der Waals surface area contributed by atoms with Crippen LogP contribution in [0.25, 0.3) is 11.1 Å². The molecule has 0 saturated heterocycles. The molecule has 0 atom stereocenters. The van der Waals surface area contributed by atoms with Crippen LogP contribution in [0.3, 0.4) is 0 Å². The van der Waals surface area contributed by atoms with Gasteiger partial charge in [0.15, 0.2) is 0 Å². The van der Waals surface area contributed by atoms with Gasteiger partial charge in [-0.15, -0.1) is 0 Å². The van der Waals surface area contributed by atoms with Gasteiger partial charge in [0, 0.05) is 0 Å². The Morgan fingerprint density at radius 2 is 1.62 bits per heavy atom. The molecule has 2 rings (SSSR count). The number of methoxy groups -OCH3 is 1. The summed E-state index contributed by atoms with van der Waals surface area (Å²) < 4.78 is 18.3. The number of esters is 1. The number of hydrogen-bond acceptors (Lipinski definition) is 4. The lowest BCUT2D eigenvalue weighted by Gasteiger charge is -2.07. The third-order valence-electron chi connectivity index (χ3n) is 2.94. The highest BCUT2D eigenvalue weighted by molar-refractivity contribution is 5.92. The fourth-order valence-corrected chi connectivity index (χ4v) is 1.86. The number of carboxylic acid groups (broad SMARTS) is 1. The standard InChI is InChI=1S/C15H11FO5/c1-21-15(20)10-4-2-8(6-12(10)16)9-3-5-11(14(18)19)13(17)7-9/h2-7,17H,1H3,(H,18,19). The number of carbonyl (C=O) groups excluding carboxylic acids is 1. The van der Waals surface area contributed by atoms with Gasteiger partial charge in [0.2, 0.25) is 0 Å². The van der Waals surface area contributed by atoms with E-state index >= 15 is 0 Å².